The largest absolute Gasteiger partial charge is 0.394 e. The van der Waals surface area contributed by atoms with Gasteiger partial charge >= 0.3 is 0 Å². The summed E-state index contributed by atoms with van der Waals surface area (Å²) in [5, 5.41) is 32.9. The van der Waals surface area contributed by atoms with Gasteiger partial charge < -0.3 is 20.6 Å². The smallest absolute Gasteiger partial charge is 0.223 e. The van der Waals surface area contributed by atoms with E-state index in [0.717, 1.165) is 25.7 Å². The van der Waals surface area contributed by atoms with Gasteiger partial charge in [0.15, 0.2) is 0 Å². The number of unbranched alkanes of at least 4 members (excludes halogenated alkanes) is 25. The number of allylic oxidation sites excluding steroid dienone is 4. The van der Waals surface area contributed by atoms with E-state index in [1.54, 1.807) is 12.2 Å². The van der Waals surface area contributed by atoms with E-state index in [0.29, 0.717) is 0 Å². The highest BCUT2D eigenvalue weighted by Crippen LogP contribution is 2.15. The molecule has 0 heterocycles. The first kappa shape index (κ1) is 45.6. The maximum atomic E-state index is 12.3. The van der Waals surface area contributed by atoms with Gasteiger partial charge in [0.1, 0.15) is 0 Å². The molecule has 0 bridgehead atoms. The van der Waals surface area contributed by atoms with Crippen molar-refractivity contribution < 1.29 is 20.1 Å². The van der Waals surface area contributed by atoms with Crippen LogP contribution in [0.4, 0.5) is 0 Å². The molecule has 0 aliphatic rings. The Morgan fingerprint density at radius 3 is 1.36 bits per heavy atom. The number of rotatable bonds is 36. The van der Waals surface area contributed by atoms with Crippen molar-refractivity contribution in [2.24, 2.45) is 0 Å². The number of carbonyl (C=O) groups excluding carboxylic acids is 1. The van der Waals surface area contributed by atoms with Crippen LogP contribution in [0.1, 0.15) is 200 Å². The van der Waals surface area contributed by atoms with Crippen LogP contribution in [0.15, 0.2) is 36.5 Å². The zero-order valence-electron chi connectivity index (χ0n) is 31.2. The average Bonchev–Trinajstić information content (AvgIpc) is 3.06. The van der Waals surface area contributed by atoms with Crippen LogP contribution < -0.4 is 5.32 Å². The highest BCUT2D eigenvalue weighted by molar-refractivity contribution is 5.77. The third kappa shape index (κ3) is 34.2. The van der Waals surface area contributed by atoms with Gasteiger partial charge in [0.05, 0.1) is 31.3 Å². The Hall–Kier alpha value is -1.43. The van der Waals surface area contributed by atoms with E-state index in [-0.39, 0.29) is 18.9 Å². The van der Waals surface area contributed by atoms with Gasteiger partial charge in [0.2, 0.25) is 5.91 Å². The first-order chi connectivity index (χ1) is 23.0. The van der Waals surface area contributed by atoms with Crippen LogP contribution in [-0.2, 0) is 4.79 Å². The molecule has 3 unspecified atom stereocenters. The third-order valence-corrected chi connectivity index (χ3v) is 9.18. The van der Waals surface area contributed by atoms with E-state index in [4.69, 9.17) is 0 Å². The summed E-state index contributed by atoms with van der Waals surface area (Å²) < 4.78 is 0. The van der Waals surface area contributed by atoms with Gasteiger partial charge in [-0.2, -0.15) is 0 Å². The standard InChI is InChI=1S/C42H79NO4/c1-3-5-7-9-11-13-15-16-17-18-19-20-21-22-23-24-26-28-30-32-34-36-41(46)40(38-44)43-42(47)37-39(45)35-33-31-29-27-25-14-12-10-8-6-4-2/h27,29,33-36,39-41,44-46H,3-26,28,30-32,37-38H2,1-2H3,(H,43,47)/b29-27-,35-33-,36-34+. The first-order valence-electron chi connectivity index (χ1n) is 20.3. The molecule has 47 heavy (non-hydrogen) atoms. The lowest BCUT2D eigenvalue weighted by molar-refractivity contribution is -0.124. The molecule has 0 saturated heterocycles. The van der Waals surface area contributed by atoms with E-state index in [1.165, 1.54) is 154 Å². The Kier molecular flexibility index (Phi) is 36.3. The van der Waals surface area contributed by atoms with Crippen LogP contribution in [0, 0.1) is 0 Å². The second-order valence-corrected chi connectivity index (χ2v) is 13.9. The monoisotopic (exact) mass is 662 g/mol. The fourth-order valence-corrected chi connectivity index (χ4v) is 6.04. The number of nitrogens with one attached hydrogen (secondary N) is 1. The number of aliphatic hydroxyl groups is 3. The predicted octanol–water partition coefficient (Wildman–Crippen LogP) is 11.2. The van der Waals surface area contributed by atoms with Gasteiger partial charge in [-0.15, -0.1) is 0 Å². The zero-order valence-corrected chi connectivity index (χ0v) is 31.2. The summed E-state index contributed by atoms with van der Waals surface area (Å²) in [6.45, 7) is 4.16. The molecule has 0 fully saturated rings. The summed E-state index contributed by atoms with van der Waals surface area (Å²) in [4.78, 5) is 12.3. The van der Waals surface area contributed by atoms with Crippen molar-refractivity contribution in [3.05, 3.63) is 36.5 Å². The fraction of sp³-hybridized carbons (Fsp3) is 0.833. The number of hydrogen-bond donors (Lipinski definition) is 4. The lowest BCUT2D eigenvalue weighted by Crippen LogP contribution is -2.45. The van der Waals surface area contributed by atoms with Crippen molar-refractivity contribution in [3.63, 3.8) is 0 Å². The summed E-state index contributed by atoms with van der Waals surface area (Å²) in [5.41, 5.74) is 0. The van der Waals surface area contributed by atoms with Crippen LogP contribution in [0.25, 0.3) is 0 Å². The minimum absolute atomic E-state index is 0.0930. The molecule has 0 aromatic rings. The summed E-state index contributed by atoms with van der Waals surface area (Å²) >= 11 is 0. The van der Waals surface area contributed by atoms with E-state index in [1.807, 2.05) is 12.2 Å². The molecule has 0 aliphatic heterocycles. The molecule has 3 atom stereocenters. The molecular formula is C42H79NO4. The minimum atomic E-state index is -0.950. The highest BCUT2D eigenvalue weighted by atomic mass is 16.3. The van der Waals surface area contributed by atoms with E-state index in [9.17, 15) is 20.1 Å². The molecule has 0 saturated carbocycles. The summed E-state index contributed by atoms with van der Waals surface area (Å²) in [6, 6.07) is -0.773. The van der Waals surface area contributed by atoms with Crippen molar-refractivity contribution in [3.8, 4) is 0 Å². The summed E-state index contributed by atoms with van der Waals surface area (Å²) in [6.07, 6.45) is 45.9. The third-order valence-electron chi connectivity index (χ3n) is 9.18. The normalized spacial score (nSPS) is 14.1. The Balaban J connectivity index is 3.73. The molecule has 4 N–H and O–H groups in total. The van der Waals surface area contributed by atoms with Gasteiger partial charge in [-0.25, -0.2) is 0 Å². The van der Waals surface area contributed by atoms with Gasteiger partial charge in [-0.1, -0.05) is 198 Å². The lowest BCUT2D eigenvalue weighted by atomic mass is 10.0. The number of carbonyl (C=O) groups is 1. The Morgan fingerprint density at radius 1 is 0.532 bits per heavy atom. The molecule has 0 rings (SSSR count). The maximum Gasteiger partial charge on any atom is 0.223 e. The van der Waals surface area contributed by atoms with Gasteiger partial charge in [0.25, 0.3) is 0 Å². The second kappa shape index (κ2) is 37.4. The van der Waals surface area contributed by atoms with Crippen molar-refractivity contribution >= 4 is 5.91 Å². The molecule has 0 radical (unpaired) electrons. The maximum absolute atomic E-state index is 12.3. The second-order valence-electron chi connectivity index (χ2n) is 13.9. The molecule has 0 aromatic heterocycles. The molecule has 5 heteroatoms. The van der Waals surface area contributed by atoms with E-state index >= 15 is 0 Å². The fourth-order valence-electron chi connectivity index (χ4n) is 6.04. The first-order valence-corrected chi connectivity index (χ1v) is 20.3. The highest BCUT2D eigenvalue weighted by Gasteiger charge is 2.19. The predicted molar refractivity (Wildman–Crippen MR) is 204 cm³/mol. The van der Waals surface area contributed by atoms with Crippen LogP contribution in [0.5, 0.6) is 0 Å². The number of aliphatic hydroxyl groups excluding tert-OH is 3. The molecule has 1 amide bonds. The van der Waals surface area contributed by atoms with Crippen LogP contribution >= 0.6 is 0 Å². The van der Waals surface area contributed by atoms with Crippen molar-refractivity contribution in [2.75, 3.05) is 6.61 Å². The molecule has 276 valence electrons. The minimum Gasteiger partial charge on any atom is -0.394 e. The summed E-state index contributed by atoms with van der Waals surface area (Å²) in [7, 11) is 0. The lowest BCUT2D eigenvalue weighted by Gasteiger charge is -2.20. The topological polar surface area (TPSA) is 89.8 Å². The Morgan fingerprint density at radius 2 is 0.936 bits per heavy atom. The van der Waals surface area contributed by atoms with Crippen LogP contribution in [-0.4, -0.2) is 46.1 Å². The van der Waals surface area contributed by atoms with E-state index < -0.39 is 18.2 Å². The van der Waals surface area contributed by atoms with Gasteiger partial charge in [0, 0.05) is 0 Å². The van der Waals surface area contributed by atoms with Crippen molar-refractivity contribution in [2.45, 2.75) is 218 Å². The Labute approximate surface area is 292 Å². The molecular weight excluding hydrogens is 582 g/mol. The van der Waals surface area contributed by atoms with E-state index in [2.05, 4.69) is 31.3 Å². The SMILES string of the molecule is CCCCCCCC/C=C\C/C=C\C(O)CC(=O)NC(CO)C(O)/C=C/CCCCCCCCCCCCCCCCCCCCC. The molecule has 0 spiro atoms. The average molecular weight is 662 g/mol. The molecule has 0 aromatic carbocycles. The molecule has 0 aliphatic carbocycles. The van der Waals surface area contributed by atoms with Crippen molar-refractivity contribution in [1.29, 1.82) is 0 Å². The van der Waals surface area contributed by atoms with Crippen molar-refractivity contribution in [1.82, 2.24) is 5.32 Å². The number of amides is 1. The van der Waals surface area contributed by atoms with Crippen LogP contribution in [0.3, 0.4) is 0 Å². The zero-order chi connectivity index (χ0) is 34.5. The van der Waals surface area contributed by atoms with Crippen LogP contribution in [0.2, 0.25) is 0 Å². The summed E-state index contributed by atoms with van der Waals surface area (Å²) in [5.74, 6) is -0.383. The van der Waals surface area contributed by atoms with Gasteiger partial charge in [-0.05, 0) is 32.1 Å². The quantitative estimate of drug-likeness (QED) is 0.0397. The number of hydrogen-bond acceptors (Lipinski definition) is 4. The Bertz CT molecular complexity index is 734. The molecule has 5 nitrogen and oxygen atoms in total. The van der Waals surface area contributed by atoms with Gasteiger partial charge in [-0.3, -0.25) is 4.79 Å².